The normalized spacial score (nSPS) is 11.0. The molecule has 0 saturated heterocycles. The van der Waals surface area contributed by atoms with E-state index in [4.69, 9.17) is 32.7 Å². The molecular formula is C17H18Cl2N2O5S. The molecule has 0 radical (unpaired) electrons. The number of carbonyl (C=O) groups excluding carboxylic acids is 1. The predicted molar refractivity (Wildman–Crippen MR) is 106 cm³/mol. The van der Waals surface area contributed by atoms with Gasteiger partial charge in [-0.3, -0.25) is 10.0 Å². The maximum atomic E-state index is 12.7. The van der Waals surface area contributed by atoms with Crippen molar-refractivity contribution in [3.05, 3.63) is 46.4 Å². The van der Waals surface area contributed by atoms with E-state index in [0.29, 0.717) is 17.4 Å². The van der Waals surface area contributed by atoms with Crippen LogP contribution >= 0.6 is 23.2 Å². The van der Waals surface area contributed by atoms with Crippen molar-refractivity contribution in [2.75, 3.05) is 23.3 Å². The Kier molecular flexibility index (Phi) is 7.18. The molecule has 2 N–H and O–H groups in total. The standard InChI is InChI=1S/C17H18Cl2N2O5S/c1-3-25-16-8-6-12(10-15(16)20-17(22)26-4-2)27(23,24)21-14-9-11(18)5-7-13(14)19/h5-10,21H,3-4H2,1-2H3,(H,20,22). The summed E-state index contributed by atoms with van der Waals surface area (Å²) in [6.45, 7) is 3.92. The molecule has 0 saturated carbocycles. The first kappa shape index (κ1) is 21.1. The zero-order valence-electron chi connectivity index (χ0n) is 14.6. The molecule has 2 aromatic carbocycles. The van der Waals surface area contributed by atoms with E-state index in [0.717, 1.165) is 0 Å². The summed E-state index contributed by atoms with van der Waals surface area (Å²) in [5.41, 5.74) is 0.299. The lowest BCUT2D eigenvalue weighted by Crippen LogP contribution is -2.16. The van der Waals surface area contributed by atoms with Gasteiger partial charge in [0.2, 0.25) is 0 Å². The van der Waals surface area contributed by atoms with E-state index in [-0.39, 0.29) is 27.9 Å². The van der Waals surface area contributed by atoms with Crippen molar-refractivity contribution in [1.82, 2.24) is 0 Å². The number of ether oxygens (including phenoxy) is 2. The molecule has 10 heteroatoms. The van der Waals surface area contributed by atoms with Crippen molar-refractivity contribution in [3.63, 3.8) is 0 Å². The number of halogens is 2. The molecule has 0 fully saturated rings. The quantitative estimate of drug-likeness (QED) is 0.657. The Bertz CT molecular complexity index is 935. The molecule has 0 unspecified atom stereocenters. The van der Waals surface area contributed by atoms with E-state index in [1.54, 1.807) is 19.9 Å². The van der Waals surface area contributed by atoms with E-state index in [9.17, 15) is 13.2 Å². The van der Waals surface area contributed by atoms with Crippen LogP contribution in [0.4, 0.5) is 16.2 Å². The Morgan fingerprint density at radius 3 is 2.44 bits per heavy atom. The van der Waals surface area contributed by atoms with Crippen molar-refractivity contribution < 1.29 is 22.7 Å². The Morgan fingerprint density at radius 2 is 1.78 bits per heavy atom. The molecule has 0 spiro atoms. The van der Waals surface area contributed by atoms with E-state index in [1.807, 2.05) is 0 Å². The number of sulfonamides is 1. The second-order valence-corrected chi connectivity index (χ2v) is 7.69. The molecule has 0 atom stereocenters. The molecule has 2 aromatic rings. The summed E-state index contributed by atoms with van der Waals surface area (Å²) >= 11 is 11.9. The first-order valence-electron chi connectivity index (χ1n) is 7.95. The van der Waals surface area contributed by atoms with Gasteiger partial charge in [-0.2, -0.15) is 0 Å². The number of benzene rings is 2. The summed E-state index contributed by atoms with van der Waals surface area (Å²) in [5.74, 6) is 0.310. The van der Waals surface area contributed by atoms with Gasteiger partial charge in [0.15, 0.2) is 0 Å². The highest BCUT2D eigenvalue weighted by Crippen LogP contribution is 2.31. The van der Waals surface area contributed by atoms with Crippen LogP contribution in [0.5, 0.6) is 5.75 Å². The minimum absolute atomic E-state index is 0.103. The van der Waals surface area contributed by atoms with E-state index < -0.39 is 16.1 Å². The van der Waals surface area contributed by atoms with Crippen LogP contribution in [-0.2, 0) is 14.8 Å². The lowest BCUT2D eigenvalue weighted by atomic mass is 10.3. The van der Waals surface area contributed by atoms with Gasteiger partial charge in [-0.05, 0) is 50.2 Å². The Labute approximate surface area is 167 Å². The fourth-order valence-corrected chi connectivity index (χ4v) is 3.60. The molecule has 0 bridgehead atoms. The summed E-state index contributed by atoms with van der Waals surface area (Å²) < 4.78 is 38.0. The monoisotopic (exact) mass is 432 g/mol. The number of rotatable bonds is 7. The van der Waals surface area contributed by atoms with Crippen LogP contribution in [0.1, 0.15) is 13.8 Å². The molecule has 1 amide bonds. The van der Waals surface area contributed by atoms with Gasteiger partial charge in [0.1, 0.15) is 5.75 Å². The van der Waals surface area contributed by atoms with Gasteiger partial charge in [-0.15, -0.1) is 0 Å². The van der Waals surface area contributed by atoms with Crippen molar-refractivity contribution in [1.29, 1.82) is 0 Å². The average molecular weight is 433 g/mol. The first-order valence-corrected chi connectivity index (χ1v) is 10.2. The molecule has 2 rings (SSSR count). The van der Waals surface area contributed by atoms with Gasteiger partial charge < -0.3 is 9.47 Å². The molecular weight excluding hydrogens is 415 g/mol. The molecule has 0 aromatic heterocycles. The number of amides is 1. The van der Waals surface area contributed by atoms with Crippen LogP contribution in [0.2, 0.25) is 10.0 Å². The number of nitrogens with one attached hydrogen (secondary N) is 2. The minimum Gasteiger partial charge on any atom is -0.492 e. The van der Waals surface area contributed by atoms with Gasteiger partial charge in [0.25, 0.3) is 10.0 Å². The number of hydrogen-bond acceptors (Lipinski definition) is 5. The summed E-state index contributed by atoms with van der Waals surface area (Å²) in [6, 6.07) is 8.48. The maximum absolute atomic E-state index is 12.7. The minimum atomic E-state index is -4.00. The van der Waals surface area contributed by atoms with Gasteiger partial charge in [-0.1, -0.05) is 23.2 Å². The fraction of sp³-hybridized carbons (Fsp3) is 0.235. The summed E-state index contributed by atoms with van der Waals surface area (Å²) in [6.07, 6.45) is -0.723. The van der Waals surface area contributed by atoms with Crippen LogP contribution < -0.4 is 14.8 Å². The van der Waals surface area contributed by atoms with Crippen LogP contribution in [0.15, 0.2) is 41.3 Å². The van der Waals surface area contributed by atoms with E-state index in [1.165, 1.54) is 30.3 Å². The maximum Gasteiger partial charge on any atom is 0.411 e. The smallest absolute Gasteiger partial charge is 0.411 e. The zero-order chi connectivity index (χ0) is 20.0. The van der Waals surface area contributed by atoms with Gasteiger partial charge >= 0.3 is 6.09 Å². The topological polar surface area (TPSA) is 93.7 Å². The fourth-order valence-electron chi connectivity index (χ4n) is 2.11. The lowest BCUT2D eigenvalue weighted by Gasteiger charge is -2.14. The third-order valence-electron chi connectivity index (χ3n) is 3.25. The summed E-state index contributed by atoms with van der Waals surface area (Å²) in [5, 5.41) is 2.99. The second-order valence-electron chi connectivity index (χ2n) is 5.17. The molecule has 27 heavy (non-hydrogen) atoms. The largest absolute Gasteiger partial charge is 0.492 e. The molecule has 146 valence electrons. The third-order valence-corrected chi connectivity index (χ3v) is 5.17. The van der Waals surface area contributed by atoms with E-state index >= 15 is 0 Å². The van der Waals surface area contributed by atoms with Crippen LogP contribution in [0, 0.1) is 0 Å². The third kappa shape index (κ3) is 5.66. The Morgan fingerprint density at radius 1 is 1.04 bits per heavy atom. The number of hydrogen-bond donors (Lipinski definition) is 2. The van der Waals surface area contributed by atoms with Crippen LogP contribution in [0.25, 0.3) is 0 Å². The zero-order valence-corrected chi connectivity index (χ0v) is 16.9. The van der Waals surface area contributed by atoms with Crippen molar-refractivity contribution in [3.8, 4) is 5.75 Å². The molecule has 0 aliphatic rings. The Balaban J connectivity index is 2.38. The predicted octanol–water partition coefficient (Wildman–Crippen LogP) is 4.76. The van der Waals surface area contributed by atoms with Crippen LogP contribution in [0.3, 0.4) is 0 Å². The molecule has 0 heterocycles. The SMILES string of the molecule is CCOC(=O)Nc1cc(S(=O)(=O)Nc2cc(Cl)ccc2Cl)ccc1OCC. The van der Waals surface area contributed by atoms with Crippen LogP contribution in [-0.4, -0.2) is 27.7 Å². The first-order chi connectivity index (χ1) is 12.8. The van der Waals surface area contributed by atoms with Gasteiger partial charge in [0.05, 0.1) is 34.5 Å². The van der Waals surface area contributed by atoms with Gasteiger partial charge in [0, 0.05) is 5.02 Å². The number of carbonyl (C=O) groups is 1. The summed E-state index contributed by atoms with van der Waals surface area (Å²) in [7, 11) is -4.00. The Hall–Kier alpha value is -2.16. The van der Waals surface area contributed by atoms with Crippen molar-refractivity contribution >= 4 is 50.7 Å². The summed E-state index contributed by atoms with van der Waals surface area (Å²) in [4.78, 5) is 11.6. The van der Waals surface area contributed by atoms with E-state index in [2.05, 4.69) is 10.0 Å². The molecule has 0 aliphatic carbocycles. The number of anilines is 2. The van der Waals surface area contributed by atoms with Crippen molar-refractivity contribution in [2.45, 2.75) is 18.7 Å². The lowest BCUT2D eigenvalue weighted by molar-refractivity contribution is 0.167. The second kappa shape index (κ2) is 9.16. The average Bonchev–Trinajstić information content (AvgIpc) is 2.59. The highest BCUT2D eigenvalue weighted by molar-refractivity contribution is 7.92. The molecule has 7 nitrogen and oxygen atoms in total. The van der Waals surface area contributed by atoms with Gasteiger partial charge in [-0.25, -0.2) is 13.2 Å². The highest BCUT2D eigenvalue weighted by atomic mass is 35.5. The highest BCUT2D eigenvalue weighted by Gasteiger charge is 2.19. The molecule has 0 aliphatic heterocycles. The van der Waals surface area contributed by atoms with Crippen molar-refractivity contribution in [2.24, 2.45) is 0 Å².